The summed E-state index contributed by atoms with van der Waals surface area (Å²) in [6.45, 7) is 8.26. The summed E-state index contributed by atoms with van der Waals surface area (Å²) in [5, 5.41) is 0. The number of nitrogens with zero attached hydrogens (tertiary/aromatic N) is 4. The third kappa shape index (κ3) is 3.41. The van der Waals surface area contributed by atoms with E-state index in [0.717, 1.165) is 50.4 Å². The molecule has 0 radical (unpaired) electrons. The third-order valence-electron chi connectivity index (χ3n) is 5.53. The normalized spacial score (nSPS) is 24.9. The maximum atomic E-state index is 12.7. The van der Waals surface area contributed by atoms with Gasteiger partial charge in [0.15, 0.2) is 0 Å². The van der Waals surface area contributed by atoms with Gasteiger partial charge in [-0.05, 0) is 18.1 Å². The van der Waals surface area contributed by atoms with Crippen LogP contribution in [0.1, 0.15) is 13.3 Å². The highest BCUT2D eigenvalue weighted by molar-refractivity contribution is 5.78. The molecular weight excluding hydrogens is 316 g/mol. The standard InChI is InChI=1S/C19H26N4O2/c1-15-12-23(13-18(15)21-8-10-25-11-9-21)19(24)6-7-22-14-20-16-4-2-3-5-17(16)22/h2-5,14-15,18H,6-13H2,1H3/t15-,18-/m0/s1. The van der Waals surface area contributed by atoms with E-state index in [1.807, 2.05) is 29.4 Å². The van der Waals surface area contributed by atoms with Crippen molar-refractivity contribution in [3.63, 3.8) is 0 Å². The number of hydrogen-bond donors (Lipinski definition) is 0. The molecule has 0 aliphatic carbocycles. The van der Waals surface area contributed by atoms with Crippen molar-refractivity contribution in [1.82, 2.24) is 19.4 Å². The van der Waals surface area contributed by atoms with E-state index in [9.17, 15) is 4.79 Å². The zero-order valence-corrected chi connectivity index (χ0v) is 14.8. The van der Waals surface area contributed by atoms with Gasteiger partial charge in [0.1, 0.15) is 0 Å². The van der Waals surface area contributed by atoms with Crippen LogP contribution in [0.5, 0.6) is 0 Å². The third-order valence-corrected chi connectivity index (χ3v) is 5.53. The molecule has 0 bridgehead atoms. The minimum atomic E-state index is 0.250. The fraction of sp³-hybridized carbons (Fsp3) is 0.579. The van der Waals surface area contributed by atoms with Crippen molar-refractivity contribution in [2.75, 3.05) is 39.4 Å². The van der Waals surface area contributed by atoms with Crippen molar-refractivity contribution in [3.05, 3.63) is 30.6 Å². The van der Waals surface area contributed by atoms with Gasteiger partial charge in [0.2, 0.25) is 5.91 Å². The van der Waals surface area contributed by atoms with Gasteiger partial charge in [-0.3, -0.25) is 9.69 Å². The average Bonchev–Trinajstić information content (AvgIpc) is 3.24. The molecule has 3 heterocycles. The smallest absolute Gasteiger partial charge is 0.224 e. The summed E-state index contributed by atoms with van der Waals surface area (Å²) in [6, 6.07) is 8.53. The Kier molecular flexibility index (Phi) is 4.72. The second-order valence-corrected chi connectivity index (χ2v) is 7.17. The molecule has 25 heavy (non-hydrogen) atoms. The van der Waals surface area contributed by atoms with Gasteiger partial charge >= 0.3 is 0 Å². The van der Waals surface area contributed by atoms with Crippen LogP contribution in [0.2, 0.25) is 0 Å². The molecule has 2 saturated heterocycles. The maximum Gasteiger partial charge on any atom is 0.224 e. The number of imidazole rings is 1. The molecule has 6 nitrogen and oxygen atoms in total. The fourth-order valence-electron chi connectivity index (χ4n) is 4.10. The number of hydrogen-bond acceptors (Lipinski definition) is 4. The molecule has 1 aromatic heterocycles. The molecule has 0 saturated carbocycles. The zero-order chi connectivity index (χ0) is 17.2. The van der Waals surface area contributed by atoms with Crippen LogP contribution in [0, 0.1) is 5.92 Å². The fourth-order valence-corrected chi connectivity index (χ4v) is 4.10. The van der Waals surface area contributed by atoms with Crippen LogP contribution in [0.4, 0.5) is 0 Å². The summed E-state index contributed by atoms with van der Waals surface area (Å²) in [7, 11) is 0. The lowest BCUT2D eigenvalue weighted by molar-refractivity contribution is -0.130. The number of morpholine rings is 1. The molecule has 2 aliphatic rings. The van der Waals surface area contributed by atoms with Gasteiger partial charge in [-0.1, -0.05) is 19.1 Å². The van der Waals surface area contributed by atoms with Gasteiger partial charge in [-0.2, -0.15) is 0 Å². The number of likely N-dealkylation sites (tertiary alicyclic amines) is 1. The van der Waals surface area contributed by atoms with E-state index >= 15 is 0 Å². The van der Waals surface area contributed by atoms with Gasteiger partial charge in [-0.15, -0.1) is 0 Å². The van der Waals surface area contributed by atoms with E-state index in [1.54, 1.807) is 0 Å². The van der Waals surface area contributed by atoms with Crippen LogP contribution in [0.15, 0.2) is 30.6 Å². The van der Waals surface area contributed by atoms with Crippen LogP contribution < -0.4 is 0 Å². The predicted molar refractivity (Wildman–Crippen MR) is 96.3 cm³/mol. The van der Waals surface area contributed by atoms with Crippen molar-refractivity contribution in [2.24, 2.45) is 5.92 Å². The lowest BCUT2D eigenvalue weighted by Gasteiger charge is -2.34. The summed E-state index contributed by atoms with van der Waals surface area (Å²) in [4.78, 5) is 21.6. The molecule has 6 heteroatoms. The molecule has 0 spiro atoms. The Balaban J connectivity index is 1.35. The highest BCUT2D eigenvalue weighted by Gasteiger charge is 2.36. The molecule has 0 N–H and O–H groups in total. The van der Waals surface area contributed by atoms with Crippen LogP contribution in [0.3, 0.4) is 0 Å². The number of aryl methyl sites for hydroxylation is 1. The minimum absolute atomic E-state index is 0.250. The van der Waals surface area contributed by atoms with E-state index in [1.165, 1.54) is 0 Å². The Bertz CT molecular complexity index is 738. The van der Waals surface area contributed by atoms with Gasteiger partial charge in [-0.25, -0.2) is 4.98 Å². The Morgan fingerprint density at radius 3 is 2.88 bits per heavy atom. The van der Waals surface area contributed by atoms with E-state index in [2.05, 4.69) is 27.4 Å². The molecule has 2 fully saturated rings. The van der Waals surface area contributed by atoms with Gasteiger partial charge in [0.05, 0.1) is 30.6 Å². The number of benzene rings is 1. The summed E-state index contributed by atoms with van der Waals surface area (Å²) >= 11 is 0. The Hall–Kier alpha value is -1.92. The van der Waals surface area contributed by atoms with Crippen LogP contribution >= 0.6 is 0 Å². The number of rotatable bonds is 4. The first kappa shape index (κ1) is 16.5. The first-order valence-electron chi connectivity index (χ1n) is 9.22. The molecule has 1 aromatic carbocycles. The molecule has 2 aromatic rings. The van der Waals surface area contributed by atoms with Crippen molar-refractivity contribution in [3.8, 4) is 0 Å². The van der Waals surface area contributed by atoms with E-state index in [-0.39, 0.29) is 5.91 Å². The largest absolute Gasteiger partial charge is 0.379 e. The first-order chi connectivity index (χ1) is 12.2. The minimum Gasteiger partial charge on any atom is -0.379 e. The van der Waals surface area contributed by atoms with E-state index in [0.29, 0.717) is 24.9 Å². The Morgan fingerprint density at radius 2 is 2.04 bits per heavy atom. The van der Waals surface area contributed by atoms with E-state index in [4.69, 9.17) is 4.74 Å². The zero-order valence-electron chi connectivity index (χ0n) is 14.8. The number of amides is 1. The quantitative estimate of drug-likeness (QED) is 0.847. The average molecular weight is 342 g/mol. The maximum absolute atomic E-state index is 12.7. The van der Waals surface area contributed by atoms with Gasteiger partial charge in [0.25, 0.3) is 0 Å². The predicted octanol–water partition coefficient (Wildman–Crippen LogP) is 1.61. The highest BCUT2D eigenvalue weighted by Crippen LogP contribution is 2.23. The first-order valence-corrected chi connectivity index (χ1v) is 9.22. The Labute approximate surface area is 148 Å². The highest BCUT2D eigenvalue weighted by atomic mass is 16.5. The van der Waals surface area contributed by atoms with Crippen LogP contribution in [-0.2, 0) is 16.1 Å². The van der Waals surface area contributed by atoms with Crippen molar-refractivity contribution >= 4 is 16.9 Å². The van der Waals surface area contributed by atoms with Crippen molar-refractivity contribution < 1.29 is 9.53 Å². The Morgan fingerprint density at radius 1 is 1.24 bits per heavy atom. The summed E-state index contributed by atoms with van der Waals surface area (Å²) in [5.74, 6) is 0.775. The molecule has 0 unspecified atom stereocenters. The number of aromatic nitrogens is 2. The molecule has 2 atom stereocenters. The molecule has 2 aliphatic heterocycles. The van der Waals surface area contributed by atoms with Crippen LogP contribution in [-0.4, -0.2) is 70.7 Å². The SMILES string of the molecule is C[C@H]1CN(C(=O)CCn2cnc3ccccc32)C[C@@H]1N1CCOCC1. The molecule has 1 amide bonds. The monoisotopic (exact) mass is 342 g/mol. The number of carbonyl (C=O) groups excluding carboxylic acids is 1. The van der Waals surface area contributed by atoms with Gasteiger partial charge in [0, 0.05) is 45.2 Å². The van der Waals surface area contributed by atoms with Gasteiger partial charge < -0.3 is 14.2 Å². The summed E-state index contributed by atoms with van der Waals surface area (Å²) in [5.41, 5.74) is 2.08. The lowest BCUT2D eigenvalue weighted by Crippen LogP contribution is -2.47. The number of carbonyl (C=O) groups is 1. The van der Waals surface area contributed by atoms with E-state index < -0.39 is 0 Å². The summed E-state index contributed by atoms with van der Waals surface area (Å²) < 4.78 is 7.53. The topological polar surface area (TPSA) is 50.6 Å². The molecule has 134 valence electrons. The molecular formula is C19H26N4O2. The van der Waals surface area contributed by atoms with Crippen molar-refractivity contribution in [1.29, 1.82) is 0 Å². The second-order valence-electron chi connectivity index (χ2n) is 7.17. The van der Waals surface area contributed by atoms with Crippen molar-refractivity contribution in [2.45, 2.75) is 25.9 Å². The van der Waals surface area contributed by atoms with Crippen LogP contribution in [0.25, 0.3) is 11.0 Å². The number of fused-ring (bicyclic) bond motifs is 1. The second kappa shape index (κ2) is 7.14. The lowest BCUT2D eigenvalue weighted by atomic mass is 10.0. The summed E-state index contributed by atoms with van der Waals surface area (Å²) in [6.07, 6.45) is 2.37. The number of para-hydroxylation sites is 2. The number of ether oxygens (including phenoxy) is 1. The molecule has 4 rings (SSSR count).